The molecule has 6 nitrogen and oxygen atoms in total. The summed E-state index contributed by atoms with van der Waals surface area (Å²) in [6, 6.07) is 6.38. The molecule has 0 aliphatic carbocycles. The summed E-state index contributed by atoms with van der Waals surface area (Å²) < 4.78 is 23.7. The van der Waals surface area contributed by atoms with Crippen LogP contribution in [0.1, 0.15) is 10.4 Å². The first-order valence-corrected chi connectivity index (χ1v) is 7.56. The molecule has 0 aliphatic heterocycles. The van der Waals surface area contributed by atoms with Crippen LogP contribution < -0.4 is 4.89 Å². The van der Waals surface area contributed by atoms with Crippen LogP contribution in [0.5, 0.6) is 0 Å². The molecule has 1 aromatic heterocycles. The van der Waals surface area contributed by atoms with E-state index in [1.54, 1.807) is 32.3 Å². The lowest BCUT2D eigenvalue weighted by Crippen LogP contribution is -2.21. The molecule has 1 amide bonds. The minimum atomic E-state index is -3.88. The Balaban J connectivity index is 2.54. The lowest BCUT2D eigenvalue weighted by Gasteiger charge is -2.09. The van der Waals surface area contributed by atoms with Gasteiger partial charge in [0.15, 0.2) is 0 Å². The Morgan fingerprint density at radius 3 is 2.58 bits per heavy atom. The summed E-state index contributed by atoms with van der Waals surface area (Å²) in [5.74, 6) is -0.155. The van der Waals surface area contributed by atoms with Gasteiger partial charge >= 0.3 is 0 Å². The minimum Gasteiger partial charge on any atom is -0.345 e. The van der Waals surface area contributed by atoms with E-state index in [2.05, 4.69) is 0 Å². The maximum Gasteiger partial charge on any atom is 0.271 e. The lowest BCUT2D eigenvalue weighted by molar-refractivity contribution is 0.0828. The van der Waals surface area contributed by atoms with Gasteiger partial charge in [0.2, 0.25) is 0 Å². The molecule has 0 unspecified atom stereocenters. The van der Waals surface area contributed by atoms with Crippen molar-refractivity contribution in [1.29, 1.82) is 0 Å². The van der Waals surface area contributed by atoms with Gasteiger partial charge in [-0.25, -0.2) is 8.42 Å². The highest BCUT2D eigenvalue weighted by Crippen LogP contribution is 2.29. The summed E-state index contributed by atoms with van der Waals surface area (Å²) in [7, 11) is -0.592. The Morgan fingerprint density at radius 2 is 2.00 bits per heavy atom. The second-order valence-corrected chi connectivity index (χ2v) is 7.08. The summed E-state index contributed by atoms with van der Waals surface area (Å²) in [6.07, 6.45) is 0. The Hall–Kier alpha value is -1.48. The van der Waals surface area contributed by atoms with E-state index in [-0.39, 0.29) is 10.1 Å². The van der Waals surface area contributed by atoms with Crippen LogP contribution in [-0.4, -0.2) is 38.5 Å². The molecule has 0 atom stereocenters. The number of hydrogen-bond donors (Lipinski definition) is 2. The summed E-state index contributed by atoms with van der Waals surface area (Å²) >= 11 is 1.02. The molecular formula is C11H12N2O4S2. The molecule has 1 aromatic carbocycles. The first kappa shape index (κ1) is 13.9. The molecule has 0 spiro atoms. The van der Waals surface area contributed by atoms with Crippen molar-refractivity contribution in [3.8, 4) is 0 Å². The lowest BCUT2D eigenvalue weighted by atomic mass is 10.1. The number of thiophene rings is 1. The first-order chi connectivity index (χ1) is 8.85. The topological polar surface area (TPSA) is 86.7 Å². The van der Waals surface area contributed by atoms with E-state index < -0.39 is 10.0 Å². The number of carbonyl (C=O) groups excluding carboxylic acids is 1. The molecule has 2 rings (SSSR count). The number of hydrogen-bond acceptors (Lipinski definition) is 5. The third-order valence-electron chi connectivity index (χ3n) is 2.53. The van der Waals surface area contributed by atoms with Crippen LogP contribution in [0.4, 0.5) is 0 Å². The number of benzene rings is 1. The molecule has 2 aromatic rings. The Kier molecular flexibility index (Phi) is 3.59. The maximum absolute atomic E-state index is 11.8. The average molecular weight is 300 g/mol. The number of carbonyl (C=O) groups is 1. The molecular weight excluding hydrogens is 288 g/mol. The molecule has 0 saturated heterocycles. The van der Waals surface area contributed by atoms with Crippen LogP contribution in [0, 0.1) is 0 Å². The van der Waals surface area contributed by atoms with Crippen molar-refractivity contribution in [1.82, 2.24) is 9.79 Å². The van der Waals surface area contributed by atoms with Crippen LogP contribution in [0.15, 0.2) is 28.5 Å². The van der Waals surface area contributed by atoms with E-state index in [4.69, 9.17) is 5.21 Å². The molecule has 102 valence electrons. The van der Waals surface area contributed by atoms with Crippen LogP contribution in [0.3, 0.4) is 0 Å². The SMILES string of the molecule is CN(C)C(=O)c1ccc2sc(S(=O)(=O)NO)cc2c1. The Labute approximate surface area is 114 Å². The quantitative estimate of drug-likeness (QED) is 0.836. The Bertz CT molecular complexity index is 734. The second-order valence-electron chi connectivity index (χ2n) is 4.11. The Morgan fingerprint density at radius 1 is 1.32 bits per heavy atom. The van der Waals surface area contributed by atoms with Crippen molar-refractivity contribution in [2.75, 3.05) is 14.1 Å². The highest BCUT2D eigenvalue weighted by molar-refractivity contribution is 7.91. The highest BCUT2D eigenvalue weighted by Gasteiger charge is 2.17. The van der Waals surface area contributed by atoms with Gasteiger partial charge in [-0.2, -0.15) is 0 Å². The van der Waals surface area contributed by atoms with Crippen molar-refractivity contribution >= 4 is 37.4 Å². The molecule has 0 bridgehead atoms. The zero-order valence-corrected chi connectivity index (χ0v) is 11.9. The van der Waals surface area contributed by atoms with Gasteiger partial charge < -0.3 is 10.1 Å². The molecule has 0 aliphatic rings. The summed E-state index contributed by atoms with van der Waals surface area (Å²) in [4.78, 5) is 14.5. The van der Waals surface area contributed by atoms with Crippen molar-refractivity contribution in [2.24, 2.45) is 0 Å². The third-order valence-corrected chi connectivity index (χ3v) is 5.24. The van der Waals surface area contributed by atoms with Gasteiger partial charge in [0.1, 0.15) is 4.21 Å². The van der Waals surface area contributed by atoms with E-state index in [0.717, 1.165) is 16.0 Å². The molecule has 8 heteroatoms. The van der Waals surface area contributed by atoms with Crippen molar-refractivity contribution in [3.63, 3.8) is 0 Å². The standard InChI is InChI=1S/C11H12N2O4S2/c1-13(2)11(14)7-3-4-9-8(5-7)6-10(18-9)19(16,17)12-15/h3-6,12,15H,1-2H3. The van der Waals surface area contributed by atoms with Crippen LogP contribution in [0.25, 0.3) is 10.1 Å². The van der Waals surface area contributed by atoms with Gasteiger partial charge in [-0.15, -0.1) is 11.3 Å². The summed E-state index contributed by atoms with van der Waals surface area (Å²) in [6.45, 7) is 0. The zero-order chi connectivity index (χ0) is 14.2. The maximum atomic E-state index is 11.8. The fourth-order valence-electron chi connectivity index (χ4n) is 1.59. The van der Waals surface area contributed by atoms with Gasteiger partial charge in [0.25, 0.3) is 15.9 Å². The van der Waals surface area contributed by atoms with E-state index in [1.807, 2.05) is 0 Å². The predicted molar refractivity (Wildman–Crippen MR) is 72.0 cm³/mol. The van der Waals surface area contributed by atoms with Gasteiger partial charge in [-0.3, -0.25) is 4.79 Å². The summed E-state index contributed by atoms with van der Waals surface area (Å²) in [5.41, 5.74) is 0.483. The molecule has 19 heavy (non-hydrogen) atoms. The van der Waals surface area contributed by atoms with Crippen molar-refractivity contribution in [2.45, 2.75) is 4.21 Å². The number of nitrogens with one attached hydrogen (secondary N) is 1. The van der Waals surface area contributed by atoms with E-state index in [0.29, 0.717) is 10.9 Å². The van der Waals surface area contributed by atoms with E-state index in [9.17, 15) is 13.2 Å². The molecule has 1 heterocycles. The highest BCUT2D eigenvalue weighted by atomic mass is 32.2. The zero-order valence-electron chi connectivity index (χ0n) is 10.2. The normalized spacial score (nSPS) is 11.7. The van der Waals surface area contributed by atoms with Crippen LogP contribution >= 0.6 is 11.3 Å². The van der Waals surface area contributed by atoms with Gasteiger partial charge in [0, 0.05) is 24.4 Å². The van der Waals surface area contributed by atoms with E-state index >= 15 is 0 Å². The predicted octanol–water partition coefficient (Wildman–Crippen LogP) is 1.27. The monoisotopic (exact) mass is 300 g/mol. The molecule has 0 fully saturated rings. The first-order valence-electron chi connectivity index (χ1n) is 5.26. The van der Waals surface area contributed by atoms with Crippen LogP contribution in [0.2, 0.25) is 0 Å². The van der Waals surface area contributed by atoms with Crippen LogP contribution in [-0.2, 0) is 10.0 Å². The van der Waals surface area contributed by atoms with Gasteiger partial charge in [-0.05, 0) is 29.7 Å². The number of rotatable bonds is 3. The largest absolute Gasteiger partial charge is 0.345 e. The number of fused-ring (bicyclic) bond motifs is 1. The molecule has 0 radical (unpaired) electrons. The number of amides is 1. The van der Waals surface area contributed by atoms with Crippen molar-refractivity contribution in [3.05, 3.63) is 29.8 Å². The fraction of sp³-hybridized carbons (Fsp3) is 0.182. The molecule has 0 saturated carbocycles. The average Bonchev–Trinajstić information content (AvgIpc) is 2.81. The smallest absolute Gasteiger partial charge is 0.271 e. The molecule has 2 N–H and O–H groups in total. The van der Waals surface area contributed by atoms with Gasteiger partial charge in [0.05, 0.1) is 0 Å². The number of sulfonamides is 1. The van der Waals surface area contributed by atoms with E-state index in [1.165, 1.54) is 15.9 Å². The third kappa shape index (κ3) is 2.61. The number of nitrogens with zero attached hydrogens (tertiary/aromatic N) is 1. The van der Waals surface area contributed by atoms with Crippen molar-refractivity contribution < 1.29 is 18.4 Å². The summed E-state index contributed by atoms with van der Waals surface area (Å²) in [5, 5.41) is 9.24. The minimum absolute atomic E-state index is 0.000507. The second kappa shape index (κ2) is 4.89. The fourth-order valence-corrected chi connectivity index (χ4v) is 3.55. The van der Waals surface area contributed by atoms with Gasteiger partial charge in [-0.1, -0.05) is 4.89 Å².